The molecule has 0 aliphatic heterocycles. The molecule has 5 heteroatoms. The van der Waals surface area contributed by atoms with Crippen molar-refractivity contribution in [3.05, 3.63) is 0 Å². The van der Waals surface area contributed by atoms with E-state index in [0.29, 0.717) is 0 Å². The zero-order valence-corrected chi connectivity index (χ0v) is 9.00. The summed E-state index contributed by atoms with van der Waals surface area (Å²) in [6.07, 6.45) is 0. The van der Waals surface area contributed by atoms with Gasteiger partial charge in [0.15, 0.2) is 0 Å². The molecule has 0 atom stereocenters. The topological polar surface area (TPSA) is 0 Å². The molecule has 0 nitrogen and oxygen atoms in total. The Morgan fingerprint density at radius 1 is 0.400 bits per heavy atom. The van der Waals surface area contributed by atoms with Crippen LogP contribution in [-0.4, -0.2) is 105 Å². The van der Waals surface area contributed by atoms with Gasteiger partial charge in [0.2, 0.25) is 0 Å². The molecule has 0 unspecified atom stereocenters. The first-order chi connectivity index (χ1) is 0. The van der Waals surface area contributed by atoms with Crippen LogP contribution >= 0.6 is 0 Å². The molecule has 0 fully saturated rings. The van der Waals surface area contributed by atoms with Gasteiger partial charge in [-0.2, -0.15) is 0 Å². The molecule has 5 heavy (non-hydrogen) atoms. The van der Waals surface area contributed by atoms with Gasteiger partial charge in [-0.15, -0.1) is 0 Å². The Bertz CT molecular complexity index is 4.85. The van der Waals surface area contributed by atoms with E-state index in [4.69, 9.17) is 0 Å². The quantitative estimate of drug-likeness (QED) is 0.448. The molecule has 0 amide bonds. The van der Waals surface area contributed by atoms with Crippen molar-refractivity contribution in [2.24, 2.45) is 0 Å². The molecule has 9 radical (unpaired) electrons. The second-order valence-electron chi connectivity index (χ2n) is 0. The molecular formula is Li3Sb2. The van der Waals surface area contributed by atoms with Gasteiger partial charge < -0.3 is 0 Å². The van der Waals surface area contributed by atoms with Crippen molar-refractivity contribution >= 4 is 105 Å². The molecule has 13 valence electrons. The summed E-state index contributed by atoms with van der Waals surface area (Å²) in [6, 6.07) is 0. The van der Waals surface area contributed by atoms with E-state index >= 15 is 0 Å². The van der Waals surface area contributed by atoms with Crippen molar-refractivity contribution in [3.8, 4) is 0 Å². The Balaban J connectivity index is 0. The van der Waals surface area contributed by atoms with E-state index in [9.17, 15) is 0 Å². The van der Waals surface area contributed by atoms with Crippen LogP contribution in [0.5, 0.6) is 0 Å². The number of hydrogen-bond acceptors (Lipinski definition) is 0. The van der Waals surface area contributed by atoms with Gasteiger partial charge in [-0.05, 0) is 0 Å². The minimum atomic E-state index is 0. The fourth-order valence-corrected chi connectivity index (χ4v) is 0. The Labute approximate surface area is 103 Å². The molecule has 0 aromatic carbocycles. The Hall–Kier alpha value is 3.43. The molecular weight excluding hydrogens is 264 g/mol. The largest absolute Gasteiger partial charge is 0 e. The first kappa shape index (κ1) is 39.6. The molecule has 0 aromatic rings. The van der Waals surface area contributed by atoms with Gasteiger partial charge in [0, 0.05) is 105 Å². The molecule has 0 aliphatic rings. The summed E-state index contributed by atoms with van der Waals surface area (Å²) in [6.45, 7) is 0. The maximum atomic E-state index is 0. The third-order valence-electron chi connectivity index (χ3n) is 0. The molecule has 0 saturated heterocycles. The van der Waals surface area contributed by atoms with E-state index in [0.717, 1.165) is 0 Å². The van der Waals surface area contributed by atoms with Gasteiger partial charge in [0.25, 0.3) is 0 Å². The molecule has 0 spiro atoms. The average molecular weight is 264 g/mol. The van der Waals surface area contributed by atoms with Gasteiger partial charge in [-0.3, -0.25) is 0 Å². The van der Waals surface area contributed by atoms with Crippen LogP contribution < -0.4 is 0 Å². The number of hydrogen-bond donors (Lipinski definition) is 0. The molecule has 0 bridgehead atoms. The summed E-state index contributed by atoms with van der Waals surface area (Å²) in [5.41, 5.74) is 0. The van der Waals surface area contributed by atoms with Crippen molar-refractivity contribution in [2.45, 2.75) is 0 Å². The minimum absolute atomic E-state index is 0. The standard InChI is InChI=1S/3Li.2Sb. The SMILES string of the molecule is [Li].[Li].[Li].[Sb].[Sb]. The number of rotatable bonds is 0. The fourth-order valence-electron chi connectivity index (χ4n) is 0. The molecule has 0 N–H and O–H groups in total. The van der Waals surface area contributed by atoms with Gasteiger partial charge in [0.05, 0.1) is 0 Å². The predicted octanol–water partition coefficient (Wildman–Crippen LogP) is -1.90. The molecule has 0 aliphatic carbocycles. The Morgan fingerprint density at radius 3 is 0.400 bits per heavy atom. The summed E-state index contributed by atoms with van der Waals surface area (Å²) in [4.78, 5) is 0. The summed E-state index contributed by atoms with van der Waals surface area (Å²) in [7, 11) is 0. The van der Waals surface area contributed by atoms with E-state index in [1.165, 1.54) is 0 Å². The smallest absolute Gasteiger partial charge is 0 e. The van der Waals surface area contributed by atoms with Crippen LogP contribution in [-0.2, 0) is 0 Å². The minimum Gasteiger partial charge on any atom is 0 e. The fraction of sp³-hybridized carbons (Fsp3) is 0. The first-order valence-corrected chi connectivity index (χ1v) is 0. The Morgan fingerprint density at radius 2 is 0.400 bits per heavy atom. The zero-order chi connectivity index (χ0) is 0. The zero-order valence-electron chi connectivity index (χ0n) is 3.89. The van der Waals surface area contributed by atoms with Gasteiger partial charge in [0.1, 0.15) is 0 Å². The van der Waals surface area contributed by atoms with E-state index < -0.39 is 0 Å². The van der Waals surface area contributed by atoms with E-state index in [1.54, 1.807) is 0 Å². The van der Waals surface area contributed by atoms with Crippen LogP contribution in [0.2, 0.25) is 0 Å². The van der Waals surface area contributed by atoms with Crippen LogP contribution in [0.4, 0.5) is 0 Å². The summed E-state index contributed by atoms with van der Waals surface area (Å²) in [5, 5.41) is 0. The molecule has 0 heterocycles. The second-order valence-corrected chi connectivity index (χ2v) is 0. The third-order valence-corrected chi connectivity index (χ3v) is 0. The summed E-state index contributed by atoms with van der Waals surface area (Å²) < 4.78 is 0. The van der Waals surface area contributed by atoms with Crippen molar-refractivity contribution in [1.82, 2.24) is 0 Å². The van der Waals surface area contributed by atoms with Crippen LogP contribution in [0.1, 0.15) is 0 Å². The van der Waals surface area contributed by atoms with Crippen molar-refractivity contribution in [3.63, 3.8) is 0 Å². The first-order valence-electron chi connectivity index (χ1n) is 0. The van der Waals surface area contributed by atoms with E-state index in [1.807, 2.05) is 0 Å². The summed E-state index contributed by atoms with van der Waals surface area (Å²) in [5.74, 6) is 0. The van der Waals surface area contributed by atoms with Crippen molar-refractivity contribution < 1.29 is 0 Å². The van der Waals surface area contributed by atoms with Crippen molar-refractivity contribution in [1.29, 1.82) is 0 Å². The van der Waals surface area contributed by atoms with Crippen molar-refractivity contribution in [2.75, 3.05) is 0 Å². The van der Waals surface area contributed by atoms with Crippen LogP contribution in [0.3, 0.4) is 0 Å². The van der Waals surface area contributed by atoms with Gasteiger partial charge >= 0.3 is 0 Å². The van der Waals surface area contributed by atoms with Crippen LogP contribution in [0.25, 0.3) is 0 Å². The maximum absolute atomic E-state index is 0. The molecule has 0 saturated carbocycles. The maximum Gasteiger partial charge on any atom is 0 e. The molecule has 0 aromatic heterocycles. The van der Waals surface area contributed by atoms with Crippen LogP contribution in [0, 0.1) is 0 Å². The average Bonchev–Trinajstić information content (AvgIpc) is 0. The summed E-state index contributed by atoms with van der Waals surface area (Å²) >= 11 is 0. The normalized spacial score (nSPS) is 0. The second kappa shape index (κ2) is 26.1. The van der Waals surface area contributed by atoms with Crippen LogP contribution in [0.15, 0.2) is 0 Å². The predicted molar refractivity (Wildman–Crippen MR) is 28.8 cm³/mol. The monoisotopic (exact) mass is 263 g/mol. The third kappa shape index (κ3) is 18.6. The van der Waals surface area contributed by atoms with E-state index in [-0.39, 0.29) is 105 Å². The van der Waals surface area contributed by atoms with E-state index in [2.05, 4.69) is 0 Å². The molecule has 0 rings (SSSR count). The van der Waals surface area contributed by atoms with Gasteiger partial charge in [-0.25, -0.2) is 0 Å². The van der Waals surface area contributed by atoms with Gasteiger partial charge in [-0.1, -0.05) is 0 Å². The Kier molecular flexibility index (Phi) is 207.